The standard InChI is InChI=1S/C25H26FN3O2S3/c1-2-31-24(30)23-18(22-19(26)11-6-12-20(22)34-23)15-33-25-28-27-21(14-17-10-7-13-32-17)29(25)16-8-4-3-5-9-16/h6-7,10-13,16H,2-5,8-9,14-15H2,1H3. The summed E-state index contributed by atoms with van der Waals surface area (Å²) >= 11 is 4.55. The molecule has 1 aliphatic carbocycles. The first-order valence-corrected chi connectivity index (χ1v) is 14.3. The second-order valence-electron chi connectivity index (χ2n) is 8.35. The fourth-order valence-corrected chi connectivity index (χ4v) is 7.58. The molecule has 9 heteroatoms. The highest BCUT2D eigenvalue weighted by Gasteiger charge is 2.26. The van der Waals surface area contributed by atoms with Gasteiger partial charge in [-0.2, -0.15) is 0 Å². The van der Waals surface area contributed by atoms with E-state index in [1.165, 1.54) is 53.3 Å². The van der Waals surface area contributed by atoms with Crippen molar-refractivity contribution in [1.82, 2.24) is 14.8 Å². The van der Waals surface area contributed by atoms with E-state index in [1.54, 1.807) is 24.3 Å². The molecule has 4 aromatic rings. The van der Waals surface area contributed by atoms with E-state index in [1.807, 2.05) is 6.07 Å². The van der Waals surface area contributed by atoms with Gasteiger partial charge in [-0.3, -0.25) is 0 Å². The van der Waals surface area contributed by atoms with Gasteiger partial charge in [0.1, 0.15) is 16.5 Å². The third-order valence-electron chi connectivity index (χ3n) is 6.16. The molecule has 1 aliphatic rings. The maximum Gasteiger partial charge on any atom is 0.348 e. The molecule has 178 valence electrons. The van der Waals surface area contributed by atoms with E-state index in [0.717, 1.165) is 34.9 Å². The number of fused-ring (bicyclic) bond motifs is 1. The van der Waals surface area contributed by atoms with Crippen LogP contribution in [0.25, 0.3) is 10.1 Å². The van der Waals surface area contributed by atoms with Gasteiger partial charge in [0.05, 0.1) is 6.61 Å². The van der Waals surface area contributed by atoms with Gasteiger partial charge < -0.3 is 9.30 Å². The number of thioether (sulfide) groups is 1. The van der Waals surface area contributed by atoms with Gasteiger partial charge in [0.15, 0.2) is 5.16 Å². The fourth-order valence-electron chi connectivity index (χ4n) is 4.60. The first-order chi connectivity index (χ1) is 16.7. The molecule has 0 saturated heterocycles. The van der Waals surface area contributed by atoms with Crippen molar-refractivity contribution in [2.24, 2.45) is 0 Å². The van der Waals surface area contributed by atoms with Crippen LogP contribution in [0.15, 0.2) is 40.9 Å². The number of thiophene rings is 2. The number of halogens is 1. The highest BCUT2D eigenvalue weighted by atomic mass is 32.2. The Hall–Kier alpha value is -2.23. The minimum Gasteiger partial charge on any atom is -0.462 e. The van der Waals surface area contributed by atoms with Crippen LogP contribution in [-0.2, 0) is 16.9 Å². The first-order valence-electron chi connectivity index (χ1n) is 11.6. The third-order valence-corrected chi connectivity index (χ3v) is 9.18. The van der Waals surface area contributed by atoms with Gasteiger partial charge in [-0.15, -0.1) is 32.9 Å². The van der Waals surface area contributed by atoms with Crippen molar-refractivity contribution in [3.05, 3.63) is 62.7 Å². The number of aromatic nitrogens is 3. The van der Waals surface area contributed by atoms with E-state index in [0.29, 0.717) is 27.6 Å². The number of hydrogen-bond donors (Lipinski definition) is 0. The summed E-state index contributed by atoms with van der Waals surface area (Å²) in [5.74, 6) is 0.695. The number of carbonyl (C=O) groups is 1. The summed E-state index contributed by atoms with van der Waals surface area (Å²) < 4.78 is 23.2. The summed E-state index contributed by atoms with van der Waals surface area (Å²) in [5.41, 5.74) is 0.680. The molecular formula is C25H26FN3O2S3. The lowest BCUT2D eigenvalue weighted by molar-refractivity contribution is 0.0531. The molecule has 0 unspecified atom stereocenters. The molecule has 5 rings (SSSR count). The van der Waals surface area contributed by atoms with Gasteiger partial charge in [0.2, 0.25) is 0 Å². The van der Waals surface area contributed by atoms with E-state index in [2.05, 4.69) is 32.3 Å². The molecule has 1 saturated carbocycles. The summed E-state index contributed by atoms with van der Waals surface area (Å²) in [6.07, 6.45) is 6.67. The molecule has 0 atom stereocenters. The predicted octanol–water partition coefficient (Wildman–Crippen LogP) is 7.26. The Balaban J connectivity index is 1.49. The monoisotopic (exact) mass is 515 g/mol. The molecule has 0 N–H and O–H groups in total. The van der Waals surface area contributed by atoms with Crippen molar-refractivity contribution in [2.75, 3.05) is 6.61 Å². The Bertz CT molecular complexity index is 1280. The van der Waals surface area contributed by atoms with E-state index in [9.17, 15) is 9.18 Å². The smallest absolute Gasteiger partial charge is 0.348 e. The zero-order valence-electron chi connectivity index (χ0n) is 19.0. The van der Waals surface area contributed by atoms with Crippen molar-refractivity contribution in [2.45, 2.75) is 62.4 Å². The van der Waals surface area contributed by atoms with Crippen LogP contribution in [0, 0.1) is 5.82 Å². The van der Waals surface area contributed by atoms with Crippen LogP contribution in [0.2, 0.25) is 0 Å². The van der Waals surface area contributed by atoms with Crippen molar-refractivity contribution in [1.29, 1.82) is 0 Å². The van der Waals surface area contributed by atoms with Gasteiger partial charge >= 0.3 is 5.97 Å². The number of benzene rings is 1. The summed E-state index contributed by atoms with van der Waals surface area (Å²) in [7, 11) is 0. The zero-order chi connectivity index (χ0) is 23.5. The number of esters is 1. The lowest BCUT2D eigenvalue weighted by atomic mass is 9.95. The average Bonchev–Trinajstić information content (AvgIpc) is 3.58. The SMILES string of the molecule is CCOC(=O)c1sc2cccc(F)c2c1CSc1nnc(Cc2cccs2)n1C1CCCCC1. The van der Waals surface area contributed by atoms with Crippen LogP contribution in [0.1, 0.15) is 71.0 Å². The van der Waals surface area contributed by atoms with E-state index in [-0.39, 0.29) is 12.4 Å². The second-order valence-corrected chi connectivity index (χ2v) is 11.4. The minimum atomic E-state index is -0.397. The topological polar surface area (TPSA) is 57.0 Å². The van der Waals surface area contributed by atoms with E-state index >= 15 is 0 Å². The molecule has 1 fully saturated rings. The molecule has 3 heterocycles. The average molecular weight is 516 g/mol. The molecule has 0 aliphatic heterocycles. The highest BCUT2D eigenvalue weighted by Crippen LogP contribution is 2.39. The Kier molecular flexibility index (Phi) is 7.32. The summed E-state index contributed by atoms with van der Waals surface area (Å²) in [4.78, 5) is 14.4. The molecule has 0 bridgehead atoms. The number of ether oxygens (including phenoxy) is 1. The molecule has 1 aromatic carbocycles. The molecule has 0 amide bonds. The Labute approximate surface area is 210 Å². The molecular weight excluding hydrogens is 489 g/mol. The number of carbonyl (C=O) groups excluding carboxylic acids is 1. The lowest BCUT2D eigenvalue weighted by Crippen LogP contribution is -2.16. The Morgan fingerprint density at radius 2 is 2.06 bits per heavy atom. The molecule has 34 heavy (non-hydrogen) atoms. The van der Waals surface area contributed by atoms with Crippen LogP contribution in [-0.4, -0.2) is 27.3 Å². The van der Waals surface area contributed by atoms with Gasteiger partial charge in [0, 0.05) is 33.2 Å². The lowest BCUT2D eigenvalue weighted by Gasteiger charge is -2.25. The number of nitrogens with zero attached hydrogens (tertiary/aromatic N) is 3. The van der Waals surface area contributed by atoms with Gasteiger partial charge in [-0.1, -0.05) is 43.2 Å². The Morgan fingerprint density at radius 3 is 2.82 bits per heavy atom. The molecule has 3 aromatic heterocycles. The molecule has 0 spiro atoms. The van der Waals surface area contributed by atoms with E-state index < -0.39 is 5.97 Å². The summed E-state index contributed by atoms with van der Waals surface area (Å²) in [6, 6.07) is 9.54. The quantitative estimate of drug-likeness (QED) is 0.183. The van der Waals surface area contributed by atoms with Crippen molar-refractivity contribution in [3.63, 3.8) is 0 Å². The fraction of sp³-hybridized carbons (Fsp3) is 0.400. The van der Waals surface area contributed by atoms with Crippen LogP contribution in [0.3, 0.4) is 0 Å². The van der Waals surface area contributed by atoms with Crippen LogP contribution in [0.5, 0.6) is 0 Å². The minimum absolute atomic E-state index is 0.282. The normalized spacial score (nSPS) is 14.6. The van der Waals surface area contributed by atoms with Crippen LogP contribution < -0.4 is 0 Å². The zero-order valence-corrected chi connectivity index (χ0v) is 21.4. The summed E-state index contributed by atoms with van der Waals surface area (Å²) in [6.45, 7) is 2.06. The number of hydrogen-bond acceptors (Lipinski definition) is 7. The Morgan fingerprint density at radius 1 is 1.21 bits per heavy atom. The van der Waals surface area contributed by atoms with Crippen molar-refractivity contribution in [3.8, 4) is 0 Å². The first kappa shape index (κ1) is 23.5. The third kappa shape index (κ3) is 4.78. The van der Waals surface area contributed by atoms with Gasteiger partial charge in [-0.25, -0.2) is 9.18 Å². The van der Waals surface area contributed by atoms with Gasteiger partial charge in [-0.05, 0) is 48.9 Å². The largest absolute Gasteiger partial charge is 0.462 e. The predicted molar refractivity (Wildman–Crippen MR) is 137 cm³/mol. The second kappa shape index (κ2) is 10.6. The highest BCUT2D eigenvalue weighted by molar-refractivity contribution is 7.98. The van der Waals surface area contributed by atoms with Crippen LogP contribution >= 0.6 is 34.4 Å². The van der Waals surface area contributed by atoms with Crippen molar-refractivity contribution >= 4 is 50.5 Å². The van der Waals surface area contributed by atoms with Crippen molar-refractivity contribution < 1.29 is 13.9 Å². The maximum atomic E-state index is 14.8. The van der Waals surface area contributed by atoms with Gasteiger partial charge in [0.25, 0.3) is 0 Å². The maximum absolute atomic E-state index is 14.8. The number of rotatable bonds is 8. The molecule has 0 radical (unpaired) electrons. The summed E-state index contributed by atoms with van der Waals surface area (Å²) in [5, 5.41) is 12.6. The van der Waals surface area contributed by atoms with Crippen LogP contribution in [0.4, 0.5) is 4.39 Å². The molecule has 5 nitrogen and oxygen atoms in total. The van der Waals surface area contributed by atoms with E-state index in [4.69, 9.17) is 4.74 Å².